The largest absolute Gasteiger partial charge is 0.496 e. The predicted octanol–water partition coefficient (Wildman–Crippen LogP) is 6.22. The highest BCUT2D eigenvalue weighted by Gasteiger charge is 2.41. The van der Waals surface area contributed by atoms with Gasteiger partial charge in [0.2, 0.25) is 0 Å². The van der Waals surface area contributed by atoms with Gasteiger partial charge in [-0.3, -0.25) is 4.52 Å². The highest BCUT2D eigenvalue weighted by atomic mass is 31.2. The highest BCUT2D eigenvalue weighted by Crippen LogP contribution is 2.53. The third-order valence-corrected chi connectivity index (χ3v) is 7.07. The maximum Gasteiger partial charge on any atom is 0.469 e. The summed E-state index contributed by atoms with van der Waals surface area (Å²) >= 11 is 0. The molecule has 0 unspecified atom stereocenters. The average molecular weight is 475 g/mol. The van der Waals surface area contributed by atoms with E-state index in [1.54, 1.807) is 26.4 Å². The Bertz CT molecular complexity index is 1090. The number of phosphoric acid groups is 1. The number of benzene rings is 2. The van der Waals surface area contributed by atoms with Crippen molar-refractivity contribution in [2.24, 2.45) is 0 Å². The van der Waals surface area contributed by atoms with Gasteiger partial charge in [-0.1, -0.05) is 58.0 Å². The molecule has 3 rings (SSSR count). The quantitative estimate of drug-likeness (QED) is 0.366. The summed E-state index contributed by atoms with van der Waals surface area (Å²) in [7, 11) is -1.08. The van der Waals surface area contributed by atoms with Crippen molar-refractivity contribution in [2.45, 2.75) is 64.9 Å². The molecule has 1 aliphatic rings. The van der Waals surface area contributed by atoms with Gasteiger partial charge in [0.05, 0.1) is 26.4 Å². The van der Waals surface area contributed by atoms with E-state index < -0.39 is 7.82 Å². The Kier molecular flexibility index (Phi) is 7.16. The van der Waals surface area contributed by atoms with E-state index in [1.165, 1.54) is 11.1 Å². The lowest BCUT2D eigenvalue weighted by Gasteiger charge is -2.43. The molecule has 2 aromatic rings. The third-order valence-electron chi connectivity index (χ3n) is 6.61. The zero-order chi connectivity index (χ0) is 24.6. The minimum Gasteiger partial charge on any atom is -0.496 e. The molecule has 33 heavy (non-hydrogen) atoms. The summed E-state index contributed by atoms with van der Waals surface area (Å²) < 4.78 is 27.4. The first kappa shape index (κ1) is 25.5. The number of allylic oxidation sites excluding steroid dienone is 1. The Morgan fingerprint density at radius 2 is 1.64 bits per heavy atom. The summed E-state index contributed by atoms with van der Waals surface area (Å²) in [6, 6.07) is 9.55. The van der Waals surface area contributed by atoms with Crippen LogP contribution in [0.15, 0.2) is 30.3 Å². The van der Waals surface area contributed by atoms with E-state index in [0.717, 1.165) is 41.0 Å². The summed E-state index contributed by atoms with van der Waals surface area (Å²) in [5.41, 5.74) is 6.12. The second-order valence-electron chi connectivity index (χ2n) is 10.0. The molecule has 1 aliphatic carbocycles. The van der Waals surface area contributed by atoms with E-state index in [9.17, 15) is 4.57 Å². The number of phosphoric ester groups is 1. The first-order chi connectivity index (χ1) is 15.3. The van der Waals surface area contributed by atoms with Crippen LogP contribution >= 0.6 is 7.82 Å². The van der Waals surface area contributed by atoms with Crippen LogP contribution < -0.4 is 9.47 Å². The maximum absolute atomic E-state index is 10.9. The molecule has 0 heterocycles. The second-order valence-corrected chi connectivity index (χ2v) is 11.2. The van der Waals surface area contributed by atoms with E-state index in [0.29, 0.717) is 5.56 Å². The topological polar surface area (TPSA) is 85.2 Å². The first-order valence-electron chi connectivity index (χ1n) is 11.1. The van der Waals surface area contributed by atoms with Crippen LogP contribution in [0.3, 0.4) is 0 Å². The standard InChI is InChI=1S/C26H35O6P/c1-17(14-18-8-10-19(11-9-18)16-32-33(27,28)29)22-21(30-6)15-20-23(24(22)31-7)26(4,5)13-12-25(20,2)3/h8-11,14-15H,12-13,16H2,1-7H3,(H2,27,28,29). The van der Waals surface area contributed by atoms with Gasteiger partial charge < -0.3 is 19.3 Å². The fraction of sp³-hybridized carbons (Fsp3) is 0.462. The Balaban J connectivity index is 2.07. The molecule has 0 aromatic heterocycles. The minimum absolute atomic E-state index is 0.0159. The van der Waals surface area contributed by atoms with E-state index in [2.05, 4.69) is 44.4 Å². The number of rotatable bonds is 7. The van der Waals surface area contributed by atoms with Gasteiger partial charge in [-0.15, -0.1) is 0 Å². The van der Waals surface area contributed by atoms with Crippen molar-refractivity contribution in [3.63, 3.8) is 0 Å². The van der Waals surface area contributed by atoms with Crippen molar-refractivity contribution in [2.75, 3.05) is 14.2 Å². The van der Waals surface area contributed by atoms with Gasteiger partial charge >= 0.3 is 7.82 Å². The lowest BCUT2D eigenvalue weighted by Crippen LogP contribution is -2.34. The monoisotopic (exact) mass is 474 g/mol. The summed E-state index contributed by atoms with van der Waals surface area (Å²) in [5, 5.41) is 0. The number of methoxy groups -OCH3 is 2. The molecule has 0 aliphatic heterocycles. The predicted molar refractivity (Wildman–Crippen MR) is 132 cm³/mol. The van der Waals surface area contributed by atoms with Gasteiger partial charge in [-0.2, -0.15) is 0 Å². The van der Waals surface area contributed by atoms with E-state index >= 15 is 0 Å². The molecule has 0 spiro atoms. The molecule has 0 radical (unpaired) electrons. The minimum atomic E-state index is -4.49. The van der Waals surface area contributed by atoms with Gasteiger partial charge in [-0.05, 0) is 58.9 Å². The first-order valence-corrected chi connectivity index (χ1v) is 12.6. The van der Waals surface area contributed by atoms with Crippen LogP contribution in [0, 0.1) is 0 Å². The van der Waals surface area contributed by atoms with Crippen molar-refractivity contribution in [3.05, 3.63) is 58.1 Å². The van der Waals surface area contributed by atoms with Crippen molar-refractivity contribution < 1.29 is 28.3 Å². The summed E-state index contributed by atoms with van der Waals surface area (Å²) in [5.74, 6) is 1.65. The number of hydrogen-bond acceptors (Lipinski definition) is 4. The normalized spacial score (nSPS) is 17.4. The lowest BCUT2D eigenvalue weighted by molar-refractivity contribution is 0.189. The van der Waals surface area contributed by atoms with Gasteiger partial charge in [0.25, 0.3) is 0 Å². The lowest BCUT2D eigenvalue weighted by atomic mass is 9.62. The van der Waals surface area contributed by atoms with Crippen molar-refractivity contribution in [1.29, 1.82) is 0 Å². The molecule has 2 N–H and O–H groups in total. The number of hydrogen-bond donors (Lipinski definition) is 2. The fourth-order valence-corrected chi connectivity index (χ4v) is 4.97. The van der Waals surface area contributed by atoms with Gasteiger partial charge in [-0.25, -0.2) is 4.57 Å². The Labute approximate surface area is 196 Å². The zero-order valence-corrected chi connectivity index (χ0v) is 21.5. The molecule has 0 fully saturated rings. The van der Waals surface area contributed by atoms with Crippen LogP contribution in [0.4, 0.5) is 0 Å². The highest BCUT2D eigenvalue weighted by molar-refractivity contribution is 7.46. The van der Waals surface area contributed by atoms with Crippen molar-refractivity contribution >= 4 is 19.5 Å². The van der Waals surface area contributed by atoms with Gasteiger partial charge in [0.1, 0.15) is 11.5 Å². The van der Waals surface area contributed by atoms with Crippen molar-refractivity contribution in [3.8, 4) is 11.5 Å². The van der Waals surface area contributed by atoms with E-state index in [1.807, 2.05) is 19.1 Å². The molecule has 0 saturated carbocycles. The van der Waals surface area contributed by atoms with Crippen molar-refractivity contribution in [1.82, 2.24) is 0 Å². The Morgan fingerprint density at radius 1 is 1.03 bits per heavy atom. The zero-order valence-electron chi connectivity index (χ0n) is 20.6. The van der Waals surface area contributed by atoms with Crippen LogP contribution in [0.2, 0.25) is 0 Å². The molecule has 6 nitrogen and oxygen atoms in total. The van der Waals surface area contributed by atoms with E-state index in [4.69, 9.17) is 19.3 Å². The SMILES string of the molecule is COc1cc2c(c(OC)c1C(C)=Cc1ccc(COP(=O)(O)O)cc1)C(C)(C)CCC2(C)C. The van der Waals surface area contributed by atoms with Gasteiger partial charge in [0.15, 0.2) is 0 Å². The summed E-state index contributed by atoms with van der Waals surface area (Å²) in [6.07, 6.45) is 4.24. The Hall–Kier alpha value is -2.11. The summed E-state index contributed by atoms with van der Waals surface area (Å²) in [6.45, 7) is 11.0. The molecule has 7 heteroatoms. The van der Waals surface area contributed by atoms with Crippen LogP contribution in [-0.2, 0) is 26.5 Å². The van der Waals surface area contributed by atoms with Crippen LogP contribution in [0.5, 0.6) is 11.5 Å². The van der Waals surface area contributed by atoms with E-state index in [-0.39, 0.29) is 17.4 Å². The van der Waals surface area contributed by atoms with Crippen LogP contribution in [0.25, 0.3) is 11.6 Å². The average Bonchev–Trinajstić information content (AvgIpc) is 2.74. The molecule has 2 aromatic carbocycles. The number of fused-ring (bicyclic) bond motifs is 1. The fourth-order valence-electron chi connectivity index (χ4n) is 4.65. The maximum atomic E-state index is 10.9. The molecule has 0 bridgehead atoms. The smallest absolute Gasteiger partial charge is 0.469 e. The molecule has 0 saturated heterocycles. The molecular weight excluding hydrogens is 439 g/mol. The van der Waals surface area contributed by atoms with Crippen LogP contribution in [0.1, 0.15) is 75.3 Å². The molecule has 0 amide bonds. The molecule has 0 atom stereocenters. The number of ether oxygens (including phenoxy) is 2. The van der Waals surface area contributed by atoms with Gasteiger partial charge in [0, 0.05) is 5.56 Å². The molecule has 180 valence electrons. The Morgan fingerprint density at radius 3 is 2.18 bits per heavy atom. The second kappa shape index (κ2) is 9.27. The molecular formula is C26H35O6P. The van der Waals surface area contributed by atoms with Crippen LogP contribution in [-0.4, -0.2) is 24.0 Å². The third kappa shape index (κ3) is 5.52. The summed E-state index contributed by atoms with van der Waals surface area (Å²) in [4.78, 5) is 17.8.